The zero-order chi connectivity index (χ0) is 20.5. The van der Waals surface area contributed by atoms with Crippen molar-refractivity contribution in [2.75, 3.05) is 17.2 Å². The molecule has 1 aliphatic heterocycles. The maximum absolute atomic E-state index is 12.8. The van der Waals surface area contributed by atoms with E-state index in [9.17, 15) is 19.2 Å². The van der Waals surface area contributed by atoms with Crippen molar-refractivity contribution in [3.63, 3.8) is 0 Å². The molecule has 0 saturated heterocycles. The Hall–Kier alpha value is -4.00. The van der Waals surface area contributed by atoms with E-state index in [0.29, 0.717) is 27.9 Å². The molecule has 29 heavy (non-hydrogen) atoms. The number of hydrogen-bond donors (Lipinski definition) is 2. The molecule has 4 amide bonds. The molecule has 144 valence electrons. The van der Waals surface area contributed by atoms with Gasteiger partial charge in [0.2, 0.25) is 11.8 Å². The lowest BCUT2D eigenvalue weighted by Gasteiger charge is -2.26. The highest BCUT2D eigenvalue weighted by molar-refractivity contribution is 6.26. The minimum Gasteiger partial charge on any atom is -0.326 e. The first-order valence-corrected chi connectivity index (χ1v) is 8.99. The first kappa shape index (κ1) is 18.4. The van der Waals surface area contributed by atoms with E-state index in [2.05, 4.69) is 10.6 Å². The Kier molecular flexibility index (Phi) is 4.56. The maximum Gasteiger partial charge on any atom is 0.261 e. The molecule has 0 atom stereocenters. The number of amides is 4. The molecule has 0 radical (unpaired) electrons. The Morgan fingerprint density at radius 2 is 1.31 bits per heavy atom. The van der Waals surface area contributed by atoms with Crippen molar-refractivity contribution >= 4 is 45.8 Å². The summed E-state index contributed by atoms with van der Waals surface area (Å²) in [7, 11) is 0. The van der Waals surface area contributed by atoms with Gasteiger partial charge in [-0.05, 0) is 41.8 Å². The second-order valence-electron chi connectivity index (χ2n) is 6.71. The van der Waals surface area contributed by atoms with Crippen LogP contribution in [0.2, 0.25) is 0 Å². The molecule has 7 nitrogen and oxygen atoms in total. The molecule has 4 rings (SSSR count). The Labute approximate surface area is 166 Å². The van der Waals surface area contributed by atoms with Crippen LogP contribution in [0.5, 0.6) is 0 Å². The Morgan fingerprint density at radius 3 is 1.83 bits per heavy atom. The summed E-state index contributed by atoms with van der Waals surface area (Å²) in [6, 6.07) is 17.0. The summed E-state index contributed by atoms with van der Waals surface area (Å²) in [5.41, 5.74) is 1.90. The number of carbonyl (C=O) groups excluding carboxylic acids is 4. The van der Waals surface area contributed by atoms with Gasteiger partial charge in [-0.3, -0.25) is 24.1 Å². The lowest BCUT2D eigenvalue weighted by atomic mass is 9.94. The van der Waals surface area contributed by atoms with Crippen molar-refractivity contribution in [1.82, 2.24) is 4.90 Å². The number of nitrogens with one attached hydrogen (secondary N) is 2. The van der Waals surface area contributed by atoms with Gasteiger partial charge < -0.3 is 10.6 Å². The maximum atomic E-state index is 12.8. The summed E-state index contributed by atoms with van der Waals surface area (Å²) in [5, 5.41) is 6.73. The van der Waals surface area contributed by atoms with E-state index < -0.39 is 24.3 Å². The van der Waals surface area contributed by atoms with E-state index in [1.807, 2.05) is 12.1 Å². The highest BCUT2D eigenvalue weighted by Crippen LogP contribution is 2.29. The van der Waals surface area contributed by atoms with Crippen LogP contribution in [-0.4, -0.2) is 35.1 Å². The highest BCUT2D eigenvalue weighted by Gasteiger charge is 2.33. The lowest BCUT2D eigenvalue weighted by molar-refractivity contribution is -0.116. The number of benzene rings is 3. The topological polar surface area (TPSA) is 95.6 Å². The van der Waals surface area contributed by atoms with Gasteiger partial charge in [0, 0.05) is 34.8 Å². The van der Waals surface area contributed by atoms with Gasteiger partial charge in [-0.1, -0.05) is 24.3 Å². The van der Waals surface area contributed by atoms with Crippen molar-refractivity contribution in [1.29, 1.82) is 0 Å². The van der Waals surface area contributed by atoms with E-state index in [-0.39, 0.29) is 5.91 Å². The Morgan fingerprint density at radius 1 is 0.793 bits per heavy atom. The normalized spacial score (nSPS) is 12.8. The zero-order valence-corrected chi connectivity index (χ0v) is 15.6. The molecule has 0 bridgehead atoms. The summed E-state index contributed by atoms with van der Waals surface area (Å²) >= 11 is 0. The molecule has 0 aliphatic carbocycles. The van der Waals surface area contributed by atoms with Crippen LogP contribution in [0.25, 0.3) is 10.8 Å². The molecule has 0 spiro atoms. The summed E-state index contributed by atoms with van der Waals surface area (Å²) in [6.45, 7) is 1.01. The first-order chi connectivity index (χ1) is 13.9. The lowest BCUT2D eigenvalue weighted by Crippen LogP contribution is -2.44. The average molecular weight is 387 g/mol. The fourth-order valence-electron chi connectivity index (χ4n) is 3.41. The minimum absolute atomic E-state index is 0.195. The van der Waals surface area contributed by atoms with Gasteiger partial charge in [0.25, 0.3) is 11.8 Å². The van der Waals surface area contributed by atoms with E-state index >= 15 is 0 Å². The smallest absolute Gasteiger partial charge is 0.261 e. The van der Waals surface area contributed by atoms with Crippen molar-refractivity contribution < 1.29 is 19.2 Å². The number of hydrogen-bond acceptors (Lipinski definition) is 4. The first-order valence-electron chi connectivity index (χ1n) is 8.99. The fourth-order valence-corrected chi connectivity index (χ4v) is 3.41. The van der Waals surface area contributed by atoms with E-state index in [1.54, 1.807) is 48.5 Å². The monoisotopic (exact) mass is 387 g/mol. The molecule has 0 fully saturated rings. The third kappa shape index (κ3) is 3.45. The van der Waals surface area contributed by atoms with Crippen molar-refractivity contribution in [3.05, 3.63) is 71.8 Å². The number of carbonyl (C=O) groups is 4. The molecule has 0 aromatic heterocycles. The van der Waals surface area contributed by atoms with Gasteiger partial charge in [0.05, 0.1) is 0 Å². The summed E-state index contributed by atoms with van der Waals surface area (Å²) < 4.78 is 0. The van der Waals surface area contributed by atoms with Crippen LogP contribution in [0.15, 0.2) is 60.7 Å². The largest absolute Gasteiger partial charge is 0.326 e. The second kappa shape index (κ2) is 7.20. The van der Waals surface area contributed by atoms with Gasteiger partial charge in [0.15, 0.2) is 0 Å². The Bertz CT molecular complexity index is 1120. The third-order valence-corrected chi connectivity index (χ3v) is 4.65. The predicted molar refractivity (Wildman–Crippen MR) is 109 cm³/mol. The molecule has 1 aliphatic rings. The molecule has 2 N–H and O–H groups in total. The minimum atomic E-state index is -0.495. The van der Waals surface area contributed by atoms with E-state index in [1.165, 1.54) is 6.92 Å². The van der Waals surface area contributed by atoms with Crippen LogP contribution in [-0.2, 0) is 9.59 Å². The van der Waals surface area contributed by atoms with Crippen LogP contribution in [0, 0.1) is 0 Å². The van der Waals surface area contributed by atoms with Crippen LogP contribution in [0.1, 0.15) is 27.6 Å². The van der Waals surface area contributed by atoms with Crippen LogP contribution in [0.4, 0.5) is 11.4 Å². The molecule has 7 heteroatoms. The number of imide groups is 1. The molecule has 0 saturated carbocycles. The van der Waals surface area contributed by atoms with Crippen LogP contribution < -0.4 is 10.6 Å². The second-order valence-corrected chi connectivity index (χ2v) is 6.71. The van der Waals surface area contributed by atoms with Gasteiger partial charge in [-0.2, -0.15) is 0 Å². The van der Waals surface area contributed by atoms with Crippen molar-refractivity contribution in [2.45, 2.75) is 6.92 Å². The molecular formula is C22H17N3O4. The van der Waals surface area contributed by atoms with Gasteiger partial charge in [-0.25, -0.2) is 0 Å². The van der Waals surface area contributed by atoms with Crippen molar-refractivity contribution in [3.8, 4) is 0 Å². The summed E-state index contributed by atoms with van der Waals surface area (Å²) in [5.74, 6) is -1.67. The van der Waals surface area contributed by atoms with Gasteiger partial charge in [-0.15, -0.1) is 0 Å². The van der Waals surface area contributed by atoms with Crippen LogP contribution in [0.3, 0.4) is 0 Å². The van der Waals surface area contributed by atoms with Crippen LogP contribution >= 0.6 is 0 Å². The van der Waals surface area contributed by atoms with E-state index in [0.717, 1.165) is 10.3 Å². The number of rotatable bonds is 4. The molecule has 3 aromatic carbocycles. The number of anilines is 2. The number of nitrogens with zero attached hydrogens (tertiary/aromatic N) is 1. The fraction of sp³-hybridized carbons (Fsp3) is 0.0909. The summed E-state index contributed by atoms with van der Waals surface area (Å²) in [6.07, 6.45) is 0. The Balaban J connectivity index is 1.52. The quantitative estimate of drug-likeness (QED) is 0.673. The molecule has 0 unspecified atom stereocenters. The average Bonchev–Trinajstić information content (AvgIpc) is 2.70. The molecular weight excluding hydrogens is 370 g/mol. The third-order valence-electron chi connectivity index (χ3n) is 4.65. The predicted octanol–water partition coefficient (Wildman–Crippen LogP) is 3.03. The SMILES string of the molecule is CC(=O)Nc1ccc(NC(=O)CN2C(=O)c3cccc4cccc(c34)C2=O)cc1. The zero-order valence-electron chi connectivity index (χ0n) is 15.6. The summed E-state index contributed by atoms with van der Waals surface area (Å²) in [4.78, 5) is 50.2. The van der Waals surface area contributed by atoms with E-state index in [4.69, 9.17) is 0 Å². The molecule has 1 heterocycles. The van der Waals surface area contributed by atoms with Gasteiger partial charge >= 0.3 is 0 Å². The molecule has 3 aromatic rings. The van der Waals surface area contributed by atoms with Gasteiger partial charge in [0.1, 0.15) is 6.54 Å². The van der Waals surface area contributed by atoms with Crippen molar-refractivity contribution in [2.24, 2.45) is 0 Å². The highest BCUT2D eigenvalue weighted by atomic mass is 16.2. The standard InChI is InChI=1S/C22H17N3O4/c1-13(26)23-15-8-10-16(11-9-15)24-19(27)12-25-21(28)17-6-2-4-14-5-3-7-18(20(14)17)22(25)29/h2-11H,12H2,1H3,(H,23,26)(H,24,27).